The van der Waals surface area contributed by atoms with Gasteiger partial charge in [0.1, 0.15) is 5.82 Å². The summed E-state index contributed by atoms with van der Waals surface area (Å²) in [6.45, 7) is 10.5. The summed E-state index contributed by atoms with van der Waals surface area (Å²) in [7, 11) is -3.82. The summed E-state index contributed by atoms with van der Waals surface area (Å²) in [5.74, 6) is -1.71. The molecule has 3 aromatic carbocycles. The number of sulfonamides is 1. The van der Waals surface area contributed by atoms with Gasteiger partial charge in [0.2, 0.25) is 10.0 Å². The largest absolute Gasteiger partial charge is 0.479 e. The highest BCUT2D eigenvalue weighted by atomic mass is 32.2. The van der Waals surface area contributed by atoms with Gasteiger partial charge in [0.25, 0.3) is 0 Å². The first kappa shape index (κ1) is 27.6. The van der Waals surface area contributed by atoms with Crippen LogP contribution in [0, 0.1) is 26.6 Å². The van der Waals surface area contributed by atoms with Crippen molar-refractivity contribution in [2.45, 2.75) is 59.8 Å². The molecule has 0 radical (unpaired) electrons. The minimum absolute atomic E-state index is 0.0762. The normalized spacial score (nSPS) is 14.2. The molecule has 1 aliphatic heterocycles. The Morgan fingerprint density at radius 2 is 1.66 bits per heavy atom. The fraction of sp³-hybridized carbons (Fsp3) is 0.345. The van der Waals surface area contributed by atoms with Gasteiger partial charge in [-0.2, -0.15) is 0 Å². The fourth-order valence-corrected chi connectivity index (χ4v) is 6.24. The second kappa shape index (κ2) is 9.39. The van der Waals surface area contributed by atoms with Crippen molar-refractivity contribution in [3.8, 4) is 22.3 Å². The van der Waals surface area contributed by atoms with E-state index >= 15 is 4.39 Å². The molecule has 0 saturated carbocycles. The molecule has 9 heteroatoms. The number of ether oxygens (including phenoxy) is 1. The Kier molecular flexibility index (Phi) is 6.82. The third-order valence-corrected chi connectivity index (χ3v) is 8.04. The molecular formula is C29H33FN2O5S. The van der Waals surface area contributed by atoms with Crippen molar-refractivity contribution >= 4 is 27.4 Å². The van der Waals surface area contributed by atoms with Gasteiger partial charge in [-0.3, -0.25) is 4.31 Å². The fourth-order valence-electron chi connectivity index (χ4n) is 5.31. The lowest BCUT2D eigenvalue weighted by molar-refractivity contribution is -0.160. The van der Waals surface area contributed by atoms with Crippen LogP contribution in [-0.4, -0.2) is 31.4 Å². The Hall–Kier alpha value is -3.43. The monoisotopic (exact) mass is 540 g/mol. The molecule has 4 rings (SSSR count). The van der Waals surface area contributed by atoms with Crippen LogP contribution in [0.4, 0.5) is 15.8 Å². The zero-order valence-corrected chi connectivity index (χ0v) is 23.5. The Labute approximate surface area is 223 Å². The molecule has 0 spiro atoms. The number of carboxylic acids is 1. The maximum absolute atomic E-state index is 15.5. The second-order valence-electron chi connectivity index (χ2n) is 10.8. The quantitative estimate of drug-likeness (QED) is 0.391. The van der Waals surface area contributed by atoms with E-state index in [1.165, 1.54) is 10.4 Å². The molecule has 0 aromatic heterocycles. The van der Waals surface area contributed by atoms with Crippen LogP contribution >= 0.6 is 0 Å². The highest BCUT2D eigenvalue weighted by Crippen LogP contribution is 2.52. The molecule has 0 aliphatic carbocycles. The summed E-state index contributed by atoms with van der Waals surface area (Å²) in [4.78, 5) is 12.7. The van der Waals surface area contributed by atoms with Crippen LogP contribution in [0.5, 0.6) is 0 Å². The van der Waals surface area contributed by atoms with E-state index in [-0.39, 0.29) is 12.2 Å². The van der Waals surface area contributed by atoms with E-state index in [0.29, 0.717) is 50.2 Å². The minimum Gasteiger partial charge on any atom is -0.479 e. The number of anilines is 2. The molecule has 202 valence electrons. The SMILES string of the molecule is Cc1c(N)cccc1-c1c(C)c2c(c(C)c1[C@H](OC(C)(C)C)C(=O)O)N(S(C)(=O)=O)Cc1cccc(F)c1-2. The van der Waals surface area contributed by atoms with Crippen LogP contribution in [0.2, 0.25) is 0 Å². The molecule has 1 atom stereocenters. The van der Waals surface area contributed by atoms with Gasteiger partial charge in [-0.1, -0.05) is 24.3 Å². The molecule has 38 heavy (non-hydrogen) atoms. The summed E-state index contributed by atoms with van der Waals surface area (Å²) in [6.07, 6.45) is -0.343. The molecule has 0 amide bonds. The number of halogens is 1. The van der Waals surface area contributed by atoms with Crippen molar-refractivity contribution in [3.63, 3.8) is 0 Å². The molecule has 0 unspecified atom stereocenters. The molecule has 1 aliphatic rings. The Balaban J connectivity index is 2.28. The lowest BCUT2D eigenvalue weighted by Gasteiger charge is -2.37. The topological polar surface area (TPSA) is 110 Å². The lowest BCUT2D eigenvalue weighted by Crippen LogP contribution is -2.35. The number of hydrogen-bond donors (Lipinski definition) is 2. The Morgan fingerprint density at radius 3 is 2.24 bits per heavy atom. The zero-order chi connectivity index (χ0) is 28.3. The van der Waals surface area contributed by atoms with Crippen LogP contribution in [-0.2, 0) is 26.1 Å². The van der Waals surface area contributed by atoms with Crippen molar-refractivity contribution in [2.24, 2.45) is 0 Å². The zero-order valence-electron chi connectivity index (χ0n) is 22.6. The van der Waals surface area contributed by atoms with E-state index < -0.39 is 33.5 Å². The molecule has 0 saturated heterocycles. The van der Waals surface area contributed by atoms with Crippen LogP contribution in [0.1, 0.15) is 54.7 Å². The van der Waals surface area contributed by atoms with Crippen molar-refractivity contribution in [1.82, 2.24) is 0 Å². The number of nitrogens with two attached hydrogens (primary N) is 1. The maximum atomic E-state index is 15.5. The summed E-state index contributed by atoms with van der Waals surface area (Å²) < 4.78 is 48.9. The number of fused-ring (bicyclic) bond motifs is 3. The first-order chi connectivity index (χ1) is 17.5. The van der Waals surface area contributed by atoms with Gasteiger partial charge in [0.15, 0.2) is 6.10 Å². The van der Waals surface area contributed by atoms with E-state index in [9.17, 15) is 18.3 Å². The van der Waals surface area contributed by atoms with Gasteiger partial charge in [-0.15, -0.1) is 0 Å². The van der Waals surface area contributed by atoms with E-state index in [4.69, 9.17) is 10.5 Å². The number of carbonyl (C=O) groups is 1. The van der Waals surface area contributed by atoms with E-state index in [0.717, 1.165) is 11.8 Å². The van der Waals surface area contributed by atoms with Gasteiger partial charge in [0, 0.05) is 22.4 Å². The predicted molar refractivity (Wildman–Crippen MR) is 148 cm³/mol. The molecule has 3 N–H and O–H groups in total. The number of nitrogen functional groups attached to an aromatic ring is 1. The summed E-state index contributed by atoms with van der Waals surface area (Å²) in [6, 6.07) is 9.95. The Bertz CT molecular complexity index is 1570. The highest BCUT2D eigenvalue weighted by molar-refractivity contribution is 7.92. The average Bonchev–Trinajstić information content (AvgIpc) is 2.80. The number of nitrogens with zero attached hydrogens (tertiary/aromatic N) is 1. The van der Waals surface area contributed by atoms with Crippen molar-refractivity contribution in [1.29, 1.82) is 0 Å². The number of hydrogen-bond acceptors (Lipinski definition) is 5. The van der Waals surface area contributed by atoms with E-state index in [2.05, 4.69) is 0 Å². The number of rotatable bonds is 5. The molecule has 7 nitrogen and oxygen atoms in total. The summed E-state index contributed by atoms with van der Waals surface area (Å²) in [5.41, 5.74) is 10.6. The maximum Gasteiger partial charge on any atom is 0.337 e. The average molecular weight is 541 g/mol. The molecule has 3 aromatic rings. The summed E-state index contributed by atoms with van der Waals surface area (Å²) in [5, 5.41) is 10.4. The van der Waals surface area contributed by atoms with E-state index in [1.807, 2.05) is 13.0 Å². The van der Waals surface area contributed by atoms with E-state index in [1.54, 1.807) is 58.9 Å². The molecule has 0 fully saturated rings. The number of benzene rings is 3. The minimum atomic E-state index is -3.82. The smallest absolute Gasteiger partial charge is 0.337 e. The summed E-state index contributed by atoms with van der Waals surface area (Å²) >= 11 is 0. The van der Waals surface area contributed by atoms with Crippen LogP contribution in [0.15, 0.2) is 36.4 Å². The number of carboxylic acid groups (broad SMARTS) is 1. The van der Waals surface area contributed by atoms with Gasteiger partial charge in [-0.05, 0) is 87.1 Å². The van der Waals surface area contributed by atoms with Crippen molar-refractivity contribution in [3.05, 3.63) is 70.0 Å². The molecular weight excluding hydrogens is 507 g/mol. The third kappa shape index (κ3) is 4.65. The van der Waals surface area contributed by atoms with Crippen LogP contribution in [0.25, 0.3) is 22.3 Å². The first-order valence-corrected chi connectivity index (χ1v) is 14.1. The van der Waals surface area contributed by atoms with Crippen LogP contribution < -0.4 is 10.0 Å². The Morgan fingerprint density at radius 1 is 1.03 bits per heavy atom. The lowest BCUT2D eigenvalue weighted by atomic mass is 9.79. The van der Waals surface area contributed by atoms with Crippen LogP contribution in [0.3, 0.4) is 0 Å². The van der Waals surface area contributed by atoms with Crippen molar-refractivity contribution in [2.75, 3.05) is 16.3 Å². The van der Waals surface area contributed by atoms with Gasteiger partial charge < -0.3 is 15.6 Å². The van der Waals surface area contributed by atoms with Gasteiger partial charge in [0.05, 0.1) is 24.1 Å². The predicted octanol–water partition coefficient (Wildman–Crippen LogP) is 5.89. The number of aliphatic carboxylic acids is 1. The van der Waals surface area contributed by atoms with Gasteiger partial charge >= 0.3 is 5.97 Å². The highest BCUT2D eigenvalue weighted by Gasteiger charge is 2.39. The standard InChI is InChI=1S/C29H33FN2O5S/c1-15-19(11-9-13-21(15)31)22-16(2)23-25-18(10-8-12-20(25)30)14-32(38(7,35)36)26(23)17(3)24(22)27(28(33)34)37-29(4,5)6/h8-13,27H,14,31H2,1-7H3,(H,33,34)/t27-/m0/s1. The molecule has 1 heterocycles. The van der Waals surface area contributed by atoms with Crippen molar-refractivity contribution < 1.29 is 27.4 Å². The van der Waals surface area contributed by atoms with Gasteiger partial charge in [-0.25, -0.2) is 17.6 Å². The first-order valence-electron chi connectivity index (χ1n) is 12.2. The second-order valence-corrected chi connectivity index (χ2v) is 12.7. The molecule has 0 bridgehead atoms. The third-order valence-electron chi connectivity index (χ3n) is 6.93.